The van der Waals surface area contributed by atoms with Gasteiger partial charge < -0.3 is 37.7 Å². The number of anilines is 12. The minimum Gasteiger partial charge on any atom is -0.494 e. The van der Waals surface area contributed by atoms with Crippen molar-refractivity contribution in [3.05, 3.63) is 389 Å². The molecule has 0 bridgehead atoms. The zero-order valence-corrected chi connectivity index (χ0v) is 70.1. The molecule has 0 N–H and O–H groups in total. The molecule has 16 rings (SSSR count). The monoisotopic (exact) mass is 1600 g/mol. The molecule has 592 valence electrons. The fourth-order valence-electron chi connectivity index (χ4n) is 15.6. The SMILES string of the molecule is C.C.C=CCCCOc1ccc(N(c2ccc(-c3ccc(N(c4ccccc4)c4ccc5ccccc5c4)cc3)cc2)c2ccc3ccccc3c2)cc1.CC[Si](=O)C[Si](C)(CCCCCOc1ccc(N(c2ccc(-c3ccc(N(c4ccccc4)c4ccc5ccccc5c4)cc3)cc2)c2ccc3ccccc3c2)cc1)O[Si](C)(C)C. The number of allylic oxidation sites excluding steroid dienone is 1. The van der Waals surface area contributed by atoms with Crippen molar-refractivity contribution >= 4 is 137 Å². The van der Waals surface area contributed by atoms with Gasteiger partial charge in [0.1, 0.15) is 11.5 Å². The first-order valence-corrected chi connectivity index (χ1v) is 48.8. The van der Waals surface area contributed by atoms with E-state index in [0.29, 0.717) is 13.2 Å². The average molecular weight is 1600 g/mol. The summed E-state index contributed by atoms with van der Waals surface area (Å²) >= 11 is 0. The van der Waals surface area contributed by atoms with Crippen LogP contribution < -0.4 is 29.1 Å². The number of unbranched alkanes of at least 4 members (excludes halogenated alkanes) is 3. The Hall–Kier alpha value is -12.5. The van der Waals surface area contributed by atoms with Gasteiger partial charge in [-0.2, -0.15) is 0 Å². The van der Waals surface area contributed by atoms with Crippen LogP contribution in [0.3, 0.4) is 0 Å². The van der Waals surface area contributed by atoms with Gasteiger partial charge in [-0.1, -0.05) is 247 Å². The molecule has 1 atom stereocenters. The van der Waals surface area contributed by atoms with E-state index in [9.17, 15) is 4.46 Å². The summed E-state index contributed by atoms with van der Waals surface area (Å²) in [6, 6.07) is 136. The summed E-state index contributed by atoms with van der Waals surface area (Å²) in [5.74, 6) is 1.74. The first-order chi connectivity index (χ1) is 56.8. The minimum absolute atomic E-state index is 0. The fourth-order valence-corrected chi connectivity index (χ4v) is 28.9. The summed E-state index contributed by atoms with van der Waals surface area (Å²) in [6.07, 6.45) is 7.00. The summed E-state index contributed by atoms with van der Waals surface area (Å²) in [7, 11) is -5.24. The van der Waals surface area contributed by atoms with Gasteiger partial charge in [0.05, 0.1) is 13.2 Å². The van der Waals surface area contributed by atoms with E-state index in [0.717, 1.165) is 152 Å². The Labute approximate surface area is 703 Å². The summed E-state index contributed by atoms with van der Waals surface area (Å²) < 4.78 is 31.6. The number of rotatable bonds is 31. The molecular weight excluding hydrogens is 1490 g/mol. The lowest BCUT2D eigenvalue weighted by Gasteiger charge is -2.34. The molecule has 16 aromatic carbocycles. The molecule has 0 spiro atoms. The Bertz CT molecular complexity index is 5950. The Morgan fingerprint density at radius 2 is 0.568 bits per heavy atom. The van der Waals surface area contributed by atoms with Gasteiger partial charge in [0, 0.05) is 73.9 Å². The summed E-state index contributed by atoms with van der Waals surface area (Å²) in [4.78, 5) is 9.27. The van der Waals surface area contributed by atoms with E-state index in [1.807, 2.05) is 13.0 Å². The second-order valence-electron chi connectivity index (χ2n) is 31.0. The number of benzene rings is 16. The van der Waals surface area contributed by atoms with Crippen LogP contribution in [0, 0.1) is 0 Å². The van der Waals surface area contributed by atoms with E-state index in [4.69, 9.17) is 13.6 Å². The largest absolute Gasteiger partial charge is 0.494 e. The Balaban J connectivity index is 0.000000205. The second kappa shape index (κ2) is 39.4. The third-order valence-corrected chi connectivity index (χ3v) is 32.5. The zero-order chi connectivity index (χ0) is 79.6. The van der Waals surface area contributed by atoms with E-state index >= 15 is 0 Å². The van der Waals surface area contributed by atoms with Gasteiger partial charge in [-0.15, -0.1) is 6.58 Å². The molecule has 0 saturated heterocycles. The maximum atomic E-state index is 12.6. The van der Waals surface area contributed by atoms with Crippen LogP contribution in [0.4, 0.5) is 68.2 Å². The Morgan fingerprint density at radius 1 is 0.305 bits per heavy atom. The van der Waals surface area contributed by atoms with Gasteiger partial charge in [0.25, 0.3) is 8.68 Å². The van der Waals surface area contributed by atoms with Crippen LogP contribution >= 0.6 is 0 Å². The number of hydrogen-bond donors (Lipinski definition) is 0. The molecule has 0 radical (unpaired) electrons. The second-order valence-corrected chi connectivity index (χ2v) is 42.6. The lowest BCUT2D eigenvalue weighted by atomic mass is 10.0. The number of hydrogen-bond acceptors (Lipinski definition) is 8. The van der Waals surface area contributed by atoms with E-state index in [1.165, 1.54) is 43.1 Å². The topological polar surface area (TPSA) is 57.7 Å². The number of ether oxygens (including phenoxy) is 2. The molecule has 8 nitrogen and oxygen atoms in total. The molecule has 16 aromatic rings. The molecule has 0 saturated carbocycles. The molecule has 0 fully saturated rings. The lowest BCUT2D eigenvalue weighted by molar-refractivity contribution is 0.306. The van der Waals surface area contributed by atoms with E-state index in [2.05, 4.69) is 428 Å². The van der Waals surface area contributed by atoms with E-state index in [-0.39, 0.29) is 14.9 Å². The van der Waals surface area contributed by atoms with Crippen molar-refractivity contribution in [3.8, 4) is 33.8 Å². The standard InChI is InChI=1S/C56H60N2O3Si3.C49H40N2O.2CH4/c1-6-62(59)43-64(5,61-63(2,3)4)40-16-8-15-39-60-56-37-35-53(36-38-56)58(55-34-28-45-18-12-14-20-49(45)42-55)52-31-25-47(26-32-52)46-23-29-51(30-24-46)57(50-21-9-7-10-22-50)54-33-27-44-17-11-13-19-48(44)41-54;1-2-3-11-34-52-49-32-30-46(31-33-49)51(48-29-23-38-13-8-10-15-42(38)36-48)45-26-20-40(21-27-45)39-18-24-44(25-19-39)50(43-16-5-4-6-17-43)47-28-22-37-12-7-9-14-41(37)35-47;;/h7,9-14,17-38,41-42H,6,8,15-16,39-40,43H2,1-5H3;2,4-10,12-33,35-36H,1,3,11,34H2;2*1H4. The molecule has 11 heteroatoms. The molecule has 0 aliphatic carbocycles. The van der Waals surface area contributed by atoms with Crippen molar-refractivity contribution in [1.82, 2.24) is 0 Å². The fraction of sp³-hybridized carbons (Fsp3) is 0.159. The first-order valence-electron chi connectivity index (χ1n) is 40.7. The van der Waals surface area contributed by atoms with Gasteiger partial charge in [0.15, 0.2) is 16.6 Å². The molecular formula is C107H108N4O4Si3. The highest BCUT2D eigenvalue weighted by Crippen LogP contribution is 2.44. The third-order valence-electron chi connectivity index (χ3n) is 21.3. The van der Waals surface area contributed by atoms with Gasteiger partial charge in [-0.3, -0.25) is 0 Å². The maximum Gasteiger partial charge on any atom is 0.275 e. The van der Waals surface area contributed by atoms with Crippen LogP contribution in [0.5, 0.6) is 11.5 Å². The molecule has 0 aromatic heterocycles. The van der Waals surface area contributed by atoms with Gasteiger partial charge in [-0.25, -0.2) is 0 Å². The highest BCUT2D eigenvalue weighted by atomic mass is 28.4. The van der Waals surface area contributed by atoms with E-state index < -0.39 is 25.3 Å². The van der Waals surface area contributed by atoms with Gasteiger partial charge in [0.2, 0.25) is 0 Å². The molecule has 0 aliphatic heterocycles. The van der Waals surface area contributed by atoms with Crippen molar-refractivity contribution in [2.75, 3.05) is 32.8 Å². The smallest absolute Gasteiger partial charge is 0.275 e. The van der Waals surface area contributed by atoms with Crippen molar-refractivity contribution in [3.63, 3.8) is 0 Å². The van der Waals surface area contributed by atoms with Gasteiger partial charge >= 0.3 is 0 Å². The van der Waals surface area contributed by atoms with Crippen molar-refractivity contribution in [2.45, 2.75) is 97.8 Å². The van der Waals surface area contributed by atoms with E-state index in [1.54, 1.807) is 0 Å². The Morgan fingerprint density at radius 3 is 0.856 bits per heavy atom. The molecule has 118 heavy (non-hydrogen) atoms. The quantitative estimate of drug-likeness (QED) is 0.0242. The molecule has 0 aliphatic rings. The minimum atomic E-state index is -1.99. The van der Waals surface area contributed by atoms with Crippen LogP contribution in [-0.4, -0.2) is 38.5 Å². The first kappa shape index (κ1) is 83.5. The van der Waals surface area contributed by atoms with Crippen molar-refractivity contribution in [1.29, 1.82) is 0 Å². The third kappa shape index (κ3) is 20.8. The van der Waals surface area contributed by atoms with Crippen LogP contribution in [0.1, 0.15) is 53.9 Å². The highest BCUT2D eigenvalue weighted by Gasteiger charge is 2.36. The van der Waals surface area contributed by atoms with Gasteiger partial charge in [-0.05, 0) is 293 Å². The molecule has 0 amide bonds. The normalized spacial score (nSPS) is 11.6. The van der Waals surface area contributed by atoms with Crippen LogP contribution in [-0.2, 0) is 8.58 Å². The summed E-state index contributed by atoms with van der Waals surface area (Å²) in [5.41, 5.74) is 18.6. The van der Waals surface area contributed by atoms with Crippen molar-refractivity contribution in [2.24, 2.45) is 0 Å². The average Bonchev–Trinajstić information content (AvgIpc) is 0.795. The predicted molar refractivity (Wildman–Crippen MR) is 513 cm³/mol. The predicted octanol–water partition coefficient (Wildman–Crippen LogP) is 31.8. The molecule has 1 unspecified atom stereocenters. The molecule has 0 heterocycles. The van der Waals surface area contributed by atoms with Crippen LogP contribution in [0.2, 0.25) is 43.9 Å². The lowest BCUT2D eigenvalue weighted by Crippen LogP contribution is -2.46. The van der Waals surface area contributed by atoms with Crippen LogP contribution in [0.25, 0.3) is 65.3 Å². The van der Waals surface area contributed by atoms with Crippen molar-refractivity contribution < 1.29 is 18.1 Å². The summed E-state index contributed by atoms with van der Waals surface area (Å²) in [5, 5.41) is 9.75. The number of para-hydroxylation sites is 2. The zero-order valence-electron chi connectivity index (χ0n) is 67.1. The number of fused-ring (bicyclic) bond motifs is 4. The maximum absolute atomic E-state index is 12.6. The number of nitrogens with zero attached hydrogens (tertiary/aromatic N) is 4. The van der Waals surface area contributed by atoms with Crippen LogP contribution in [0.15, 0.2) is 389 Å². The summed E-state index contributed by atoms with van der Waals surface area (Å²) in [6.45, 7) is 16.3. The highest BCUT2D eigenvalue weighted by molar-refractivity contribution is 6.89. The Kier molecular flexibility index (Phi) is 27.9.